The molecule has 3 nitrogen and oxygen atoms in total. The van der Waals surface area contributed by atoms with Gasteiger partial charge in [0.2, 0.25) is 0 Å². The van der Waals surface area contributed by atoms with Gasteiger partial charge in [0.15, 0.2) is 0 Å². The largest absolute Gasteiger partial charge is 0.243 e. The predicted molar refractivity (Wildman–Crippen MR) is 412 cm³/mol. The molecule has 0 saturated heterocycles. The zero-order valence-corrected chi connectivity index (χ0v) is 60.3. The number of hydrogen-bond acceptors (Lipinski definition) is 3. The van der Waals surface area contributed by atoms with Gasteiger partial charge >= 0.3 is 0 Å². The van der Waals surface area contributed by atoms with Crippen LogP contribution in [0.2, 0.25) is 0 Å². The van der Waals surface area contributed by atoms with Gasteiger partial charge in [0.25, 0.3) is 0 Å². The highest BCUT2D eigenvalue weighted by Crippen LogP contribution is 2.59. The van der Waals surface area contributed by atoms with E-state index in [0.717, 1.165) is 27.7 Å². The van der Waals surface area contributed by atoms with E-state index < -0.39 is 0 Å². The molecule has 0 fully saturated rings. The fourth-order valence-corrected chi connectivity index (χ4v) is 17.3. The van der Waals surface area contributed by atoms with Crippen LogP contribution in [-0.2, 0) is 10.8 Å². The van der Waals surface area contributed by atoms with Crippen LogP contribution < -0.4 is 0 Å². The Labute approximate surface area is 578 Å². The Bertz CT molecular complexity index is 3450. The van der Waals surface area contributed by atoms with Gasteiger partial charge in [-0.15, -0.1) is 0 Å². The maximum absolute atomic E-state index is 5.65. The van der Waals surface area contributed by atoms with Gasteiger partial charge in [0, 0.05) is 22.0 Å². The Morgan fingerprint density at radius 3 is 0.758 bits per heavy atom. The molecule has 0 spiro atoms. The van der Waals surface area contributed by atoms with E-state index in [0.29, 0.717) is 0 Å². The zero-order valence-electron chi connectivity index (χ0n) is 60.3. The summed E-state index contributed by atoms with van der Waals surface area (Å²) in [7, 11) is 0. The molecule has 0 radical (unpaired) electrons. The fraction of sp³-hybridized carbons (Fsp3) is 0.543. The molecule has 0 aliphatic heterocycles. The van der Waals surface area contributed by atoms with Gasteiger partial charge in [-0.1, -0.05) is 406 Å². The summed E-state index contributed by atoms with van der Waals surface area (Å²) < 4.78 is 5.65. The topological polar surface area (TPSA) is 38.9 Å². The zero-order chi connectivity index (χ0) is 65.6. The van der Waals surface area contributed by atoms with Crippen LogP contribution in [0.25, 0.3) is 77.8 Å². The average molecular weight is 1270 g/mol. The highest BCUT2D eigenvalue weighted by molar-refractivity contribution is 6.01. The van der Waals surface area contributed by atoms with Gasteiger partial charge in [-0.05, 0) is 138 Å². The standard InChI is InChI=1S/C92H124N2O/c1-5-9-13-17-21-25-29-33-37-47-65-91(66-48-38-34-30-26-22-18-14-10-6-2)85-69-75(73-51-43-41-44-52-73)55-59-81(85)82-60-56-76(70-86(82)91)77-57-61-83-84-62-58-78(80-64-63-79(74-53-45-42-46-54-74)89-90(80)94-95-93-89)72-88(84)92(87(83)71-77,67-49-39-35-31-27-23-19-15-11-7-3)68-50-40-36-32-28-24-20-16-12-8-4/h41-46,51-64,69-72H,5-40,47-50,65-68H2,1-4H3. The Morgan fingerprint density at radius 1 is 0.221 bits per heavy atom. The molecule has 0 bridgehead atoms. The van der Waals surface area contributed by atoms with Crippen molar-refractivity contribution in [1.82, 2.24) is 10.3 Å². The van der Waals surface area contributed by atoms with Crippen LogP contribution in [0.4, 0.5) is 0 Å². The summed E-state index contributed by atoms with van der Waals surface area (Å²) in [6.07, 6.45) is 59.0. The van der Waals surface area contributed by atoms with E-state index in [2.05, 4.69) is 184 Å². The molecular formula is C92H124N2O. The summed E-state index contributed by atoms with van der Waals surface area (Å²) in [5.41, 5.74) is 23.6. The minimum atomic E-state index is -0.113. The third-order valence-corrected chi connectivity index (χ3v) is 22.8. The smallest absolute Gasteiger partial charge is 0.143 e. The summed E-state index contributed by atoms with van der Waals surface area (Å²) in [5.74, 6) is 0. The second-order valence-corrected chi connectivity index (χ2v) is 29.8. The Balaban J connectivity index is 1.02. The van der Waals surface area contributed by atoms with Gasteiger partial charge < -0.3 is 0 Å². The number of rotatable bonds is 48. The molecule has 0 amide bonds. The second-order valence-electron chi connectivity index (χ2n) is 29.8. The van der Waals surface area contributed by atoms with Crippen LogP contribution in [0.15, 0.2) is 150 Å². The maximum Gasteiger partial charge on any atom is 0.143 e. The lowest BCUT2D eigenvalue weighted by Gasteiger charge is -2.34. The Kier molecular flexibility index (Phi) is 29.3. The molecule has 95 heavy (non-hydrogen) atoms. The van der Waals surface area contributed by atoms with Crippen molar-refractivity contribution in [3.05, 3.63) is 168 Å². The van der Waals surface area contributed by atoms with Crippen molar-refractivity contribution in [3.63, 3.8) is 0 Å². The van der Waals surface area contributed by atoms with Crippen LogP contribution in [0, 0.1) is 0 Å². The molecule has 1 heterocycles. The van der Waals surface area contributed by atoms with E-state index in [-0.39, 0.29) is 10.8 Å². The SMILES string of the molecule is CCCCCCCCCCCCC1(CCCCCCCCCCCC)c2cc(-c3ccccc3)ccc2-c2ccc(-c3ccc4c(c3)C(CCCCCCCCCCCC)(CCCCCCCCCCCC)c3cc(-c5ccc(-c6ccccc6)c6nonc56)ccc3-4)cc21. The van der Waals surface area contributed by atoms with Gasteiger partial charge in [-0.2, -0.15) is 0 Å². The average Bonchev–Trinajstić information content (AvgIpc) is 1.44. The highest BCUT2D eigenvalue weighted by Gasteiger charge is 2.45. The summed E-state index contributed by atoms with van der Waals surface area (Å²) in [4.78, 5) is 0. The normalized spacial score (nSPS) is 13.4. The molecular weight excluding hydrogens is 1150 g/mol. The number of aromatic nitrogens is 2. The summed E-state index contributed by atoms with van der Waals surface area (Å²) >= 11 is 0. The van der Waals surface area contributed by atoms with E-state index in [9.17, 15) is 0 Å². The lowest BCUT2D eigenvalue weighted by molar-refractivity contribution is 0.315. The molecule has 10 rings (SSSR count). The summed E-state index contributed by atoms with van der Waals surface area (Å²) in [5, 5.41) is 9.25. The number of nitrogens with zero attached hydrogens (tertiary/aromatic N) is 2. The molecule has 0 unspecified atom stereocenters. The number of hydrogen-bond donors (Lipinski definition) is 0. The molecule has 0 N–H and O–H groups in total. The van der Waals surface area contributed by atoms with E-state index in [4.69, 9.17) is 4.63 Å². The summed E-state index contributed by atoms with van der Waals surface area (Å²) in [6, 6.07) is 57.1. The maximum atomic E-state index is 5.65. The number of unbranched alkanes of at least 4 members (excludes halogenated alkanes) is 36. The van der Waals surface area contributed by atoms with Crippen LogP contribution in [-0.4, -0.2) is 10.3 Å². The van der Waals surface area contributed by atoms with Crippen molar-refractivity contribution in [3.8, 4) is 66.8 Å². The molecule has 0 saturated carbocycles. The third kappa shape index (κ3) is 19.0. The minimum absolute atomic E-state index is 0.0337. The first-order valence-corrected chi connectivity index (χ1v) is 40.0. The molecule has 7 aromatic carbocycles. The van der Waals surface area contributed by atoms with Crippen LogP contribution >= 0.6 is 0 Å². The van der Waals surface area contributed by atoms with Crippen molar-refractivity contribution < 1.29 is 4.63 Å². The van der Waals surface area contributed by atoms with E-state index >= 15 is 0 Å². The molecule has 2 aliphatic rings. The van der Waals surface area contributed by atoms with Gasteiger partial charge in [-0.25, -0.2) is 4.63 Å². The predicted octanol–water partition coefficient (Wildman–Crippen LogP) is 29.7. The van der Waals surface area contributed by atoms with E-state index in [1.54, 1.807) is 16.7 Å². The molecule has 2 aliphatic carbocycles. The van der Waals surface area contributed by atoms with Crippen LogP contribution in [0.1, 0.15) is 332 Å². The van der Waals surface area contributed by atoms with E-state index in [1.807, 2.05) is 0 Å². The van der Waals surface area contributed by atoms with Gasteiger partial charge in [0.1, 0.15) is 11.0 Å². The van der Waals surface area contributed by atoms with Crippen molar-refractivity contribution in [2.45, 2.75) is 321 Å². The third-order valence-electron chi connectivity index (χ3n) is 22.8. The van der Waals surface area contributed by atoms with Crippen LogP contribution in [0.3, 0.4) is 0 Å². The first kappa shape index (κ1) is 71.7. The number of fused-ring (bicyclic) bond motifs is 7. The summed E-state index contributed by atoms with van der Waals surface area (Å²) in [6.45, 7) is 9.34. The number of benzene rings is 7. The first-order valence-electron chi connectivity index (χ1n) is 40.0. The van der Waals surface area contributed by atoms with Crippen molar-refractivity contribution in [1.29, 1.82) is 0 Å². The fourth-order valence-electron chi connectivity index (χ4n) is 17.3. The molecule has 0 atom stereocenters. The molecule has 1 aromatic heterocycles. The van der Waals surface area contributed by atoms with Crippen molar-refractivity contribution >= 4 is 11.0 Å². The van der Waals surface area contributed by atoms with E-state index in [1.165, 1.54) is 338 Å². The first-order chi connectivity index (χ1) is 47.0. The second kappa shape index (κ2) is 38.8. The lowest BCUT2D eigenvalue weighted by Crippen LogP contribution is -2.26. The van der Waals surface area contributed by atoms with Crippen LogP contribution in [0.5, 0.6) is 0 Å². The monoisotopic (exact) mass is 1270 g/mol. The Hall–Kier alpha value is -6.06. The molecule has 3 heteroatoms. The van der Waals surface area contributed by atoms with Crippen molar-refractivity contribution in [2.24, 2.45) is 0 Å². The lowest BCUT2D eigenvalue weighted by atomic mass is 9.69. The van der Waals surface area contributed by atoms with Gasteiger partial charge in [-0.3, -0.25) is 0 Å². The minimum Gasteiger partial charge on any atom is -0.243 e. The molecule has 8 aromatic rings. The van der Waals surface area contributed by atoms with Gasteiger partial charge in [0.05, 0.1) is 0 Å². The molecule has 508 valence electrons. The Morgan fingerprint density at radius 2 is 0.453 bits per heavy atom. The highest BCUT2D eigenvalue weighted by atomic mass is 16.6. The quantitative estimate of drug-likeness (QED) is 0.0357. The van der Waals surface area contributed by atoms with Crippen molar-refractivity contribution in [2.75, 3.05) is 0 Å².